The molecule has 0 aliphatic carbocycles. The van der Waals surface area contributed by atoms with Crippen LogP contribution in [0.4, 0.5) is 16.5 Å². The van der Waals surface area contributed by atoms with Crippen LogP contribution in [0.2, 0.25) is 0 Å². The number of aliphatic carboxylic acids is 2. The summed E-state index contributed by atoms with van der Waals surface area (Å²) >= 11 is 2.01. The number of anilines is 1. The van der Waals surface area contributed by atoms with Gasteiger partial charge in [0.2, 0.25) is 6.61 Å². The van der Waals surface area contributed by atoms with Gasteiger partial charge in [-0.15, -0.1) is 23.1 Å². The number of thioether (sulfide) groups is 1. The lowest BCUT2D eigenvalue weighted by atomic mass is 10.0. The van der Waals surface area contributed by atoms with Gasteiger partial charge in [0.05, 0.1) is 9.85 Å². The Labute approximate surface area is 241 Å². The van der Waals surface area contributed by atoms with Gasteiger partial charge in [-0.2, -0.15) is 0 Å². The Kier molecular flexibility index (Phi) is 8.47. The first-order valence-electron chi connectivity index (χ1n) is 11.4. The maximum Gasteiger partial charge on any atom is 0.352 e. The Balaban J connectivity index is 1.60. The van der Waals surface area contributed by atoms with Gasteiger partial charge in [-0.3, -0.25) is 34.7 Å². The molecule has 3 heterocycles. The Morgan fingerprint density at radius 1 is 1.21 bits per heavy atom. The van der Waals surface area contributed by atoms with E-state index in [1.54, 1.807) is 0 Å². The van der Waals surface area contributed by atoms with Crippen molar-refractivity contribution < 1.29 is 44.1 Å². The summed E-state index contributed by atoms with van der Waals surface area (Å²) in [6, 6.07) is 2.03. The van der Waals surface area contributed by atoms with E-state index >= 15 is 0 Å². The summed E-state index contributed by atoms with van der Waals surface area (Å²) in [6.45, 7) is -0.872. The SMILES string of the molecule is Nc1nc(/C(=N\OCC(=O)O)C(=O)NC2C(=O)N3C(C(=O)O)=C(/C=C/c4c([N+](=O)[O-])cccc4[N+](=O)[O-])CS[C@H]23)cs1. The molecule has 18 nitrogen and oxygen atoms in total. The number of rotatable bonds is 11. The molecule has 2 aromatic rings. The molecule has 0 bridgehead atoms. The molecule has 1 saturated heterocycles. The minimum absolute atomic E-state index is 0.0385. The van der Waals surface area contributed by atoms with Crippen molar-refractivity contribution >= 4 is 75.1 Å². The molecule has 1 fully saturated rings. The van der Waals surface area contributed by atoms with Gasteiger partial charge in [-0.25, -0.2) is 14.6 Å². The summed E-state index contributed by atoms with van der Waals surface area (Å²) in [4.78, 5) is 79.6. The van der Waals surface area contributed by atoms with Crippen LogP contribution in [0.15, 0.2) is 46.1 Å². The van der Waals surface area contributed by atoms with Gasteiger partial charge in [0.1, 0.15) is 28.4 Å². The molecular formula is C22H17N7O11S2. The van der Waals surface area contributed by atoms with Crippen molar-refractivity contribution in [1.82, 2.24) is 15.2 Å². The number of fused-ring (bicyclic) bond motifs is 1. The number of benzene rings is 1. The van der Waals surface area contributed by atoms with E-state index in [2.05, 4.69) is 20.3 Å². The smallest absolute Gasteiger partial charge is 0.352 e. The van der Waals surface area contributed by atoms with Crippen LogP contribution in [0.5, 0.6) is 0 Å². The van der Waals surface area contributed by atoms with Crippen molar-refractivity contribution in [3.63, 3.8) is 0 Å². The van der Waals surface area contributed by atoms with E-state index in [0.29, 0.717) is 0 Å². The highest BCUT2D eigenvalue weighted by Crippen LogP contribution is 2.41. The van der Waals surface area contributed by atoms with Gasteiger partial charge >= 0.3 is 11.9 Å². The summed E-state index contributed by atoms with van der Waals surface area (Å²) in [6.07, 6.45) is 2.19. The number of carboxylic acid groups (broad SMARTS) is 2. The molecule has 0 saturated carbocycles. The topological polar surface area (TPSA) is 271 Å². The molecule has 1 aromatic heterocycles. The van der Waals surface area contributed by atoms with E-state index in [1.807, 2.05) is 0 Å². The molecule has 1 aromatic carbocycles. The maximum atomic E-state index is 13.0. The molecule has 20 heteroatoms. The van der Waals surface area contributed by atoms with E-state index in [0.717, 1.165) is 58.3 Å². The highest BCUT2D eigenvalue weighted by Gasteiger charge is 2.54. The van der Waals surface area contributed by atoms with Crippen molar-refractivity contribution in [2.24, 2.45) is 5.16 Å². The summed E-state index contributed by atoms with van der Waals surface area (Å²) < 4.78 is 0. The zero-order valence-corrected chi connectivity index (χ0v) is 22.4. The van der Waals surface area contributed by atoms with E-state index in [4.69, 9.17) is 10.8 Å². The number of thiazole rings is 1. The Bertz CT molecular complexity index is 1580. The zero-order chi connectivity index (χ0) is 30.7. The fraction of sp³-hybridized carbons (Fsp3) is 0.182. The molecule has 2 aliphatic heterocycles. The van der Waals surface area contributed by atoms with E-state index in [-0.39, 0.29) is 27.7 Å². The summed E-state index contributed by atoms with van der Waals surface area (Å²) in [5.41, 5.74) is 3.12. The molecule has 2 amide bonds. The van der Waals surface area contributed by atoms with Crippen molar-refractivity contribution in [2.45, 2.75) is 11.4 Å². The number of nitrogen functional groups attached to an aromatic ring is 1. The molecule has 42 heavy (non-hydrogen) atoms. The van der Waals surface area contributed by atoms with Gasteiger partial charge in [0.25, 0.3) is 23.2 Å². The molecule has 1 unspecified atom stereocenters. The number of hydrogen-bond acceptors (Lipinski definition) is 14. The highest BCUT2D eigenvalue weighted by molar-refractivity contribution is 8.00. The summed E-state index contributed by atoms with van der Waals surface area (Å²) in [7, 11) is 0. The second kappa shape index (κ2) is 12.0. The first kappa shape index (κ1) is 29.6. The van der Waals surface area contributed by atoms with Crippen LogP contribution >= 0.6 is 23.1 Å². The first-order valence-corrected chi connectivity index (χ1v) is 13.3. The Morgan fingerprint density at radius 2 is 1.88 bits per heavy atom. The predicted octanol–water partition coefficient (Wildman–Crippen LogP) is 0.799. The average molecular weight is 620 g/mol. The predicted molar refractivity (Wildman–Crippen MR) is 145 cm³/mol. The maximum absolute atomic E-state index is 13.0. The minimum Gasteiger partial charge on any atom is -0.479 e. The lowest BCUT2D eigenvalue weighted by Crippen LogP contribution is -2.71. The van der Waals surface area contributed by atoms with E-state index < -0.39 is 74.4 Å². The van der Waals surface area contributed by atoms with Gasteiger partial charge in [-0.05, 0) is 17.7 Å². The quantitative estimate of drug-likeness (QED) is 0.117. The Hall–Kier alpha value is -5.37. The largest absolute Gasteiger partial charge is 0.479 e. The number of nitro benzene ring substituents is 2. The van der Waals surface area contributed by atoms with Crippen molar-refractivity contribution in [3.05, 3.63) is 72.4 Å². The lowest BCUT2D eigenvalue weighted by molar-refractivity contribution is -0.394. The van der Waals surface area contributed by atoms with Crippen molar-refractivity contribution in [3.8, 4) is 0 Å². The molecule has 4 rings (SSSR count). The number of carbonyl (C=O) groups is 4. The summed E-state index contributed by atoms with van der Waals surface area (Å²) in [5, 5.41) is 47.9. The van der Waals surface area contributed by atoms with Crippen LogP contribution < -0.4 is 11.1 Å². The number of oxime groups is 1. The average Bonchev–Trinajstić information content (AvgIpc) is 3.37. The number of aromatic nitrogens is 1. The van der Waals surface area contributed by atoms with Gasteiger partial charge in [-0.1, -0.05) is 11.2 Å². The molecule has 2 aliphatic rings. The van der Waals surface area contributed by atoms with Crippen LogP contribution in [-0.2, 0) is 24.0 Å². The van der Waals surface area contributed by atoms with E-state index in [1.165, 1.54) is 5.38 Å². The second-order valence-corrected chi connectivity index (χ2v) is 10.3. The molecule has 5 N–H and O–H groups in total. The molecule has 0 radical (unpaired) electrons. The number of β-lactam (4-membered cyclic amide) rings is 1. The first-order chi connectivity index (χ1) is 19.9. The number of carboxylic acids is 2. The summed E-state index contributed by atoms with van der Waals surface area (Å²) in [5.74, 6) is -4.71. The molecule has 218 valence electrons. The second-order valence-electron chi connectivity index (χ2n) is 8.28. The van der Waals surface area contributed by atoms with Crippen molar-refractivity contribution in [1.29, 1.82) is 0 Å². The van der Waals surface area contributed by atoms with Gasteiger partial charge in [0.15, 0.2) is 10.8 Å². The molecule has 2 atom stereocenters. The van der Waals surface area contributed by atoms with Gasteiger partial charge in [0, 0.05) is 23.3 Å². The van der Waals surface area contributed by atoms with Crippen LogP contribution in [-0.4, -0.2) is 83.2 Å². The van der Waals surface area contributed by atoms with E-state index in [9.17, 15) is 44.5 Å². The third kappa shape index (κ3) is 5.88. The third-order valence-electron chi connectivity index (χ3n) is 5.72. The molecular weight excluding hydrogens is 602 g/mol. The minimum atomic E-state index is -1.52. The lowest BCUT2D eigenvalue weighted by Gasteiger charge is -2.49. The number of nitrogens with two attached hydrogens (primary N) is 1. The number of allylic oxidation sites excluding steroid dienone is 1. The monoisotopic (exact) mass is 619 g/mol. The number of nitrogens with one attached hydrogen (secondary N) is 1. The number of nitrogens with zero attached hydrogens (tertiary/aromatic N) is 5. The van der Waals surface area contributed by atoms with Crippen LogP contribution in [0, 0.1) is 20.2 Å². The zero-order valence-electron chi connectivity index (χ0n) is 20.7. The fourth-order valence-electron chi connectivity index (χ4n) is 3.95. The van der Waals surface area contributed by atoms with Gasteiger partial charge < -0.3 is 26.1 Å². The normalized spacial score (nSPS) is 18.3. The number of carbonyl (C=O) groups excluding carboxylic acids is 2. The highest BCUT2D eigenvalue weighted by atomic mass is 32.2. The standard InChI is InChI=1S/C22H17N7O11S2/c23-22-24-11(8-42-22)15(26-40-6-14(30)31)18(32)25-16-19(33)27-17(21(34)35)9(7-41-20(16)27)4-5-10-12(28(36)37)2-1-3-13(10)29(38)39/h1-5,8,16,20H,6-7H2,(H2,23,24)(H,25,32)(H,30,31)(H,34,35)/b5-4+,26-15+/t16?,20-/m1/s1. The van der Waals surface area contributed by atoms with Crippen LogP contribution in [0.1, 0.15) is 11.3 Å². The van der Waals surface area contributed by atoms with Crippen LogP contribution in [0.3, 0.4) is 0 Å². The number of hydrogen-bond donors (Lipinski definition) is 4. The number of amides is 2. The Morgan fingerprint density at radius 3 is 2.43 bits per heavy atom. The van der Waals surface area contributed by atoms with Crippen molar-refractivity contribution in [2.75, 3.05) is 18.1 Å². The van der Waals surface area contributed by atoms with Crippen LogP contribution in [0.25, 0.3) is 6.08 Å². The molecule has 0 spiro atoms. The number of nitro groups is 2. The fourth-order valence-corrected chi connectivity index (χ4v) is 5.81. The third-order valence-corrected chi connectivity index (χ3v) is 7.69.